The van der Waals surface area contributed by atoms with Crippen LogP contribution in [0.4, 0.5) is 0 Å². The summed E-state index contributed by atoms with van der Waals surface area (Å²) in [6.45, 7) is 5.34. The summed E-state index contributed by atoms with van der Waals surface area (Å²) in [4.78, 5) is 38.0. The number of hydrogen-bond donors (Lipinski definition) is 2. The summed E-state index contributed by atoms with van der Waals surface area (Å²) < 4.78 is 32.7. The minimum Gasteiger partial charge on any atom is -0.481 e. The van der Waals surface area contributed by atoms with Crippen molar-refractivity contribution in [2.45, 2.75) is 63.5 Å². The molecular weight excluding hydrogens is 412 g/mol. The molecule has 2 N–H and O–H groups in total. The minimum atomic E-state index is -4.00. The largest absolute Gasteiger partial charge is 0.481 e. The lowest BCUT2D eigenvalue weighted by molar-refractivity contribution is -0.163. The second-order valence-electron chi connectivity index (χ2n) is 8.24. The number of benzene rings is 1. The van der Waals surface area contributed by atoms with Gasteiger partial charge in [-0.1, -0.05) is 30.3 Å². The van der Waals surface area contributed by atoms with E-state index in [1.165, 1.54) is 4.90 Å². The van der Waals surface area contributed by atoms with Gasteiger partial charge in [-0.05, 0) is 39.2 Å². The molecule has 1 amide bonds. The van der Waals surface area contributed by atoms with Crippen LogP contribution < -0.4 is 4.72 Å². The highest BCUT2D eigenvalue weighted by atomic mass is 32.2. The van der Waals surface area contributed by atoms with E-state index in [1.807, 2.05) is 0 Å². The molecule has 1 fully saturated rings. The number of rotatable bonds is 8. The van der Waals surface area contributed by atoms with E-state index in [0.29, 0.717) is 18.4 Å². The van der Waals surface area contributed by atoms with Crippen LogP contribution >= 0.6 is 0 Å². The maximum absolute atomic E-state index is 13.0. The van der Waals surface area contributed by atoms with Gasteiger partial charge < -0.3 is 14.7 Å². The Kier molecular flexibility index (Phi) is 7.59. The molecule has 0 unspecified atom stereocenters. The Morgan fingerprint density at radius 2 is 1.87 bits per heavy atom. The molecule has 10 heteroatoms. The molecule has 0 radical (unpaired) electrons. The van der Waals surface area contributed by atoms with Gasteiger partial charge in [-0.3, -0.25) is 9.59 Å². The molecule has 0 aliphatic carbocycles. The summed E-state index contributed by atoms with van der Waals surface area (Å²) in [5.41, 5.74) is -0.245. The fraction of sp³-hybridized carbons (Fsp3) is 0.550. The van der Waals surface area contributed by atoms with Crippen LogP contribution in [0.2, 0.25) is 0 Å². The molecule has 166 valence electrons. The number of carbonyl (C=O) groups is 3. The lowest BCUT2D eigenvalue weighted by atomic mass is 10.1. The fourth-order valence-corrected chi connectivity index (χ4v) is 4.58. The third-order valence-electron chi connectivity index (χ3n) is 4.41. The molecule has 0 spiro atoms. The normalized spacial score (nSPS) is 18.1. The van der Waals surface area contributed by atoms with E-state index < -0.39 is 57.7 Å². The summed E-state index contributed by atoms with van der Waals surface area (Å²) in [5.74, 6) is -3.06. The fourth-order valence-electron chi connectivity index (χ4n) is 3.25. The summed E-state index contributed by atoms with van der Waals surface area (Å²) in [6.07, 6.45) is 0.174. The molecule has 1 aromatic carbocycles. The highest BCUT2D eigenvalue weighted by Crippen LogP contribution is 2.23. The van der Waals surface area contributed by atoms with E-state index >= 15 is 0 Å². The first-order valence-corrected chi connectivity index (χ1v) is 11.3. The van der Waals surface area contributed by atoms with Crippen molar-refractivity contribution in [1.82, 2.24) is 9.62 Å². The first-order chi connectivity index (χ1) is 13.9. The molecular formula is C20H28N2O7S. The van der Waals surface area contributed by atoms with Crippen LogP contribution in [0.25, 0.3) is 0 Å². The van der Waals surface area contributed by atoms with Crippen LogP contribution in [-0.2, 0) is 34.9 Å². The highest BCUT2D eigenvalue weighted by Gasteiger charge is 2.40. The monoisotopic (exact) mass is 440 g/mol. The SMILES string of the molecule is CC(C)(C)OC(=O)[C@@H]1CCCN1C(=O)[C@@H](CC(=O)O)NS(=O)(=O)Cc1ccccc1. The lowest BCUT2D eigenvalue weighted by Gasteiger charge is -2.29. The zero-order valence-corrected chi connectivity index (χ0v) is 18.1. The zero-order valence-electron chi connectivity index (χ0n) is 17.3. The first kappa shape index (κ1) is 23.8. The van der Waals surface area contributed by atoms with Crippen molar-refractivity contribution < 1.29 is 32.6 Å². The molecule has 30 heavy (non-hydrogen) atoms. The van der Waals surface area contributed by atoms with Crippen LogP contribution in [0, 0.1) is 0 Å². The number of esters is 1. The molecule has 0 saturated carbocycles. The molecule has 2 rings (SSSR count). The number of sulfonamides is 1. The Hall–Kier alpha value is -2.46. The minimum absolute atomic E-state index is 0.222. The van der Waals surface area contributed by atoms with Crippen LogP contribution in [0.3, 0.4) is 0 Å². The number of carboxylic acids is 1. The smallest absolute Gasteiger partial charge is 0.329 e. The predicted octanol–water partition coefficient (Wildman–Crippen LogP) is 1.28. The Labute approximate surface area is 176 Å². The van der Waals surface area contributed by atoms with Crippen molar-refractivity contribution in [2.24, 2.45) is 0 Å². The number of aliphatic carboxylic acids is 1. The summed E-state index contributed by atoms with van der Waals surface area (Å²) >= 11 is 0. The third kappa shape index (κ3) is 7.10. The molecule has 9 nitrogen and oxygen atoms in total. The average Bonchev–Trinajstić information content (AvgIpc) is 3.08. The molecule has 2 atom stereocenters. The van der Waals surface area contributed by atoms with Crippen molar-refractivity contribution in [3.63, 3.8) is 0 Å². The van der Waals surface area contributed by atoms with E-state index in [0.717, 1.165) is 0 Å². The van der Waals surface area contributed by atoms with Crippen LogP contribution in [-0.4, -0.2) is 60.5 Å². The van der Waals surface area contributed by atoms with Crippen molar-refractivity contribution in [2.75, 3.05) is 6.54 Å². The van der Waals surface area contributed by atoms with Gasteiger partial charge in [0.2, 0.25) is 15.9 Å². The molecule has 1 aromatic rings. The van der Waals surface area contributed by atoms with Gasteiger partial charge in [0, 0.05) is 6.54 Å². The Morgan fingerprint density at radius 3 is 2.43 bits per heavy atom. The van der Waals surface area contributed by atoms with Crippen LogP contribution in [0.5, 0.6) is 0 Å². The second-order valence-corrected chi connectivity index (χ2v) is 9.99. The van der Waals surface area contributed by atoms with Gasteiger partial charge in [0.05, 0.1) is 12.2 Å². The molecule has 1 saturated heterocycles. The number of likely N-dealkylation sites (tertiary alicyclic amines) is 1. The second kappa shape index (κ2) is 9.57. The summed E-state index contributed by atoms with van der Waals surface area (Å²) in [5, 5.41) is 9.19. The van der Waals surface area contributed by atoms with E-state index in [1.54, 1.807) is 51.1 Å². The van der Waals surface area contributed by atoms with Gasteiger partial charge in [-0.25, -0.2) is 17.9 Å². The maximum Gasteiger partial charge on any atom is 0.329 e. The number of amides is 1. The Bertz CT molecular complexity index is 878. The average molecular weight is 441 g/mol. The standard InChI is InChI=1S/C20H28N2O7S/c1-20(2,3)29-19(26)16-10-7-11-22(16)18(25)15(12-17(23)24)21-30(27,28)13-14-8-5-4-6-9-14/h4-6,8-9,15-16,21H,7,10-13H2,1-3H3,(H,23,24)/t15-,16+/m1/s1. The van der Waals surface area contributed by atoms with Gasteiger partial charge in [0.15, 0.2) is 0 Å². The predicted molar refractivity (Wildman–Crippen MR) is 109 cm³/mol. The Balaban J connectivity index is 2.18. The van der Waals surface area contributed by atoms with Gasteiger partial charge >= 0.3 is 11.9 Å². The van der Waals surface area contributed by atoms with E-state index in [9.17, 15) is 27.9 Å². The van der Waals surface area contributed by atoms with Crippen molar-refractivity contribution in [3.8, 4) is 0 Å². The lowest BCUT2D eigenvalue weighted by Crippen LogP contribution is -2.53. The summed E-state index contributed by atoms with van der Waals surface area (Å²) in [6, 6.07) is 5.95. The number of nitrogens with one attached hydrogen (secondary N) is 1. The molecule has 1 heterocycles. The number of hydrogen-bond acceptors (Lipinski definition) is 6. The van der Waals surface area contributed by atoms with Gasteiger partial charge in [-0.2, -0.15) is 0 Å². The van der Waals surface area contributed by atoms with E-state index in [-0.39, 0.29) is 6.54 Å². The van der Waals surface area contributed by atoms with Gasteiger partial charge in [0.25, 0.3) is 0 Å². The number of nitrogens with zero attached hydrogens (tertiary/aromatic N) is 1. The Morgan fingerprint density at radius 1 is 1.23 bits per heavy atom. The van der Waals surface area contributed by atoms with Crippen molar-refractivity contribution in [1.29, 1.82) is 0 Å². The zero-order chi connectivity index (χ0) is 22.5. The number of ether oxygens (including phenoxy) is 1. The van der Waals surface area contributed by atoms with E-state index in [4.69, 9.17) is 4.74 Å². The van der Waals surface area contributed by atoms with Gasteiger partial charge in [0.1, 0.15) is 17.7 Å². The number of carbonyl (C=O) groups excluding carboxylic acids is 2. The first-order valence-electron chi connectivity index (χ1n) is 9.67. The molecule has 1 aliphatic rings. The highest BCUT2D eigenvalue weighted by molar-refractivity contribution is 7.88. The topological polar surface area (TPSA) is 130 Å². The molecule has 0 aromatic heterocycles. The van der Waals surface area contributed by atoms with Gasteiger partial charge in [-0.15, -0.1) is 0 Å². The summed E-state index contributed by atoms with van der Waals surface area (Å²) in [7, 11) is -4.00. The molecule has 1 aliphatic heterocycles. The maximum atomic E-state index is 13.0. The third-order valence-corrected chi connectivity index (χ3v) is 5.77. The number of carboxylic acid groups (broad SMARTS) is 1. The van der Waals surface area contributed by atoms with Crippen molar-refractivity contribution in [3.05, 3.63) is 35.9 Å². The van der Waals surface area contributed by atoms with Crippen LogP contribution in [0.15, 0.2) is 30.3 Å². The van der Waals surface area contributed by atoms with Crippen LogP contribution in [0.1, 0.15) is 45.6 Å². The quantitative estimate of drug-likeness (QED) is 0.582. The van der Waals surface area contributed by atoms with E-state index in [2.05, 4.69) is 4.72 Å². The van der Waals surface area contributed by atoms with Crippen molar-refractivity contribution >= 4 is 27.9 Å². The molecule has 0 bridgehead atoms.